The molecular weight excluding hydrogens is 618 g/mol. The number of halogens is 1. The van der Waals surface area contributed by atoms with Crippen LogP contribution in [-0.4, -0.2) is 33.9 Å². The highest BCUT2D eigenvalue weighted by Gasteiger charge is 2.35. The molecule has 2 heterocycles. The first-order valence-electron chi connectivity index (χ1n) is 15.1. The Bertz CT molecular complexity index is 1850. The van der Waals surface area contributed by atoms with Gasteiger partial charge in [-0.05, 0) is 60.9 Å². The topological polar surface area (TPSA) is 90.3 Å². The van der Waals surface area contributed by atoms with E-state index in [1.807, 2.05) is 105 Å². The van der Waals surface area contributed by atoms with E-state index in [0.29, 0.717) is 63.6 Å². The van der Waals surface area contributed by atoms with Gasteiger partial charge in [0.15, 0.2) is 11.5 Å². The van der Waals surface area contributed by atoms with Crippen LogP contribution in [0.1, 0.15) is 36.6 Å². The van der Waals surface area contributed by atoms with Crippen molar-refractivity contribution in [2.24, 2.45) is 0 Å². The van der Waals surface area contributed by atoms with Gasteiger partial charge in [-0.1, -0.05) is 96.2 Å². The molecule has 0 aliphatic carbocycles. The Morgan fingerprint density at radius 1 is 0.957 bits per heavy atom. The third-order valence-electron chi connectivity index (χ3n) is 7.50. The highest BCUT2D eigenvalue weighted by molar-refractivity contribution is 7.98. The minimum absolute atomic E-state index is 0.242. The number of allylic oxidation sites excluding steroid dienone is 1. The average Bonchev–Trinajstić information content (AvgIpc) is 3.47. The van der Waals surface area contributed by atoms with Gasteiger partial charge < -0.3 is 20.1 Å². The summed E-state index contributed by atoms with van der Waals surface area (Å²) in [6.07, 6.45) is 0.769. The number of thioether (sulfide) groups is 1. The smallest absolute Gasteiger partial charge is 0.255 e. The number of ether oxygens (including phenoxy) is 2. The zero-order valence-electron chi connectivity index (χ0n) is 25.6. The molecule has 234 valence electrons. The fourth-order valence-corrected chi connectivity index (χ4v) is 6.39. The molecule has 0 bridgehead atoms. The number of carbonyl (C=O) groups excluding carboxylic acids is 1. The van der Waals surface area contributed by atoms with Crippen molar-refractivity contribution in [3.8, 4) is 11.5 Å². The maximum absolute atomic E-state index is 13.9. The second kappa shape index (κ2) is 14.6. The van der Waals surface area contributed by atoms with E-state index in [9.17, 15) is 4.79 Å². The Morgan fingerprint density at radius 2 is 1.70 bits per heavy atom. The van der Waals surface area contributed by atoms with Crippen molar-refractivity contribution in [1.29, 1.82) is 0 Å². The van der Waals surface area contributed by atoms with Crippen LogP contribution in [0.5, 0.6) is 11.5 Å². The molecule has 1 unspecified atom stereocenters. The first-order valence-corrected chi connectivity index (χ1v) is 16.5. The van der Waals surface area contributed by atoms with Crippen LogP contribution in [-0.2, 0) is 17.0 Å². The van der Waals surface area contributed by atoms with Gasteiger partial charge in [-0.2, -0.15) is 4.98 Å². The highest BCUT2D eigenvalue weighted by atomic mass is 35.5. The summed E-state index contributed by atoms with van der Waals surface area (Å²) < 4.78 is 14.0. The van der Waals surface area contributed by atoms with Gasteiger partial charge in [0, 0.05) is 28.6 Å². The first-order chi connectivity index (χ1) is 22.5. The van der Waals surface area contributed by atoms with Gasteiger partial charge in [0.25, 0.3) is 5.91 Å². The minimum Gasteiger partial charge on any atom is -0.490 e. The Kier molecular flexibility index (Phi) is 9.91. The molecule has 6 rings (SSSR count). The largest absolute Gasteiger partial charge is 0.490 e. The lowest BCUT2D eigenvalue weighted by Gasteiger charge is -2.29. The number of hydrogen-bond acceptors (Lipinski definition) is 7. The van der Waals surface area contributed by atoms with Crippen LogP contribution < -0.4 is 20.1 Å². The van der Waals surface area contributed by atoms with Crippen LogP contribution in [0.2, 0.25) is 5.02 Å². The van der Waals surface area contributed by atoms with E-state index in [4.69, 9.17) is 31.2 Å². The number of nitrogens with zero attached hydrogens (tertiary/aromatic N) is 3. The maximum atomic E-state index is 13.9. The van der Waals surface area contributed by atoms with Crippen LogP contribution in [0.4, 0.5) is 11.6 Å². The number of aromatic nitrogens is 3. The molecular formula is C36H34ClN5O3S. The number of anilines is 2. The van der Waals surface area contributed by atoms with Crippen molar-refractivity contribution < 1.29 is 14.3 Å². The molecule has 0 radical (unpaired) electrons. The fourth-order valence-electron chi connectivity index (χ4n) is 5.28. The number of hydrogen-bond donors (Lipinski definition) is 2. The molecule has 8 nitrogen and oxygen atoms in total. The molecule has 1 amide bonds. The van der Waals surface area contributed by atoms with Crippen LogP contribution in [0.25, 0.3) is 0 Å². The van der Waals surface area contributed by atoms with E-state index in [1.54, 1.807) is 4.68 Å². The van der Waals surface area contributed by atoms with Crippen molar-refractivity contribution in [2.75, 3.05) is 23.8 Å². The zero-order valence-corrected chi connectivity index (χ0v) is 27.1. The first kappa shape index (κ1) is 31.3. The van der Waals surface area contributed by atoms with Crippen LogP contribution in [0.15, 0.2) is 120 Å². The van der Waals surface area contributed by atoms with Gasteiger partial charge in [0.05, 0.1) is 18.8 Å². The summed E-state index contributed by atoms with van der Waals surface area (Å²) >= 11 is 7.89. The SMILES string of the molecule is CCOc1cc(C2C(C(=O)Nc3ccccc3)=C(C)Nc3nc(SCc4ccccc4Cl)nn32)ccc1OCCc1ccccc1. The number of rotatable bonds is 12. The van der Waals surface area contributed by atoms with Crippen molar-refractivity contribution in [1.82, 2.24) is 14.8 Å². The van der Waals surface area contributed by atoms with Crippen molar-refractivity contribution in [3.63, 3.8) is 0 Å². The van der Waals surface area contributed by atoms with Crippen LogP contribution in [0.3, 0.4) is 0 Å². The number of benzene rings is 4. The molecule has 1 aliphatic rings. The van der Waals surface area contributed by atoms with Gasteiger partial charge in [0.1, 0.15) is 6.04 Å². The van der Waals surface area contributed by atoms with E-state index in [1.165, 1.54) is 17.3 Å². The molecule has 0 spiro atoms. The van der Waals surface area contributed by atoms with Gasteiger partial charge in [-0.25, -0.2) is 4.68 Å². The molecule has 2 N–H and O–H groups in total. The predicted octanol–water partition coefficient (Wildman–Crippen LogP) is 8.17. The normalized spacial score (nSPS) is 13.9. The lowest BCUT2D eigenvalue weighted by molar-refractivity contribution is -0.113. The third-order valence-corrected chi connectivity index (χ3v) is 8.75. The number of para-hydroxylation sites is 1. The summed E-state index contributed by atoms with van der Waals surface area (Å²) in [5.74, 6) is 2.14. The summed E-state index contributed by atoms with van der Waals surface area (Å²) in [6.45, 7) is 4.77. The highest BCUT2D eigenvalue weighted by Crippen LogP contribution is 2.40. The number of nitrogens with one attached hydrogen (secondary N) is 2. The summed E-state index contributed by atoms with van der Waals surface area (Å²) in [5.41, 5.74) is 4.90. The molecule has 1 aliphatic heterocycles. The number of carbonyl (C=O) groups is 1. The maximum Gasteiger partial charge on any atom is 0.255 e. The Morgan fingerprint density at radius 3 is 2.46 bits per heavy atom. The van der Waals surface area contributed by atoms with Gasteiger partial charge in [-0.3, -0.25) is 4.79 Å². The number of amides is 1. The fraction of sp³-hybridized carbons (Fsp3) is 0.194. The standard InChI is InChI=1S/C36H34ClN5O3S/c1-3-44-31-22-26(18-19-30(31)45-21-20-25-12-6-4-7-13-25)33-32(34(43)39-28-15-8-5-9-16-28)24(2)38-35-40-36(41-42(33)35)46-23-27-14-10-11-17-29(27)37/h4-19,22,33H,3,20-21,23H2,1-2H3,(H,39,43)(H,38,40,41). The minimum atomic E-state index is -0.584. The van der Waals surface area contributed by atoms with E-state index in [0.717, 1.165) is 17.5 Å². The molecule has 1 atom stereocenters. The van der Waals surface area contributed by atoms with Crippen LogP contribution >= 0.6 is 23.4 Å². The molecule has 5 aromatic rings. The van der Waals surface area contributed by atoms with E-state index >= 15 is 0 Å². The summed E-state index contributed by atoms with van der Waals surface area (Å²) in [4.78, 5) is 18.7. The molecule has 1 aromatic heterocycles. The summed E-state index contributed by atoms with van der Waals surface area (Å²) in [7, 11) is 0. The quantitative estimate of drug-likeness (QED) is 0.132. The van der Waals surface area contributed by atoms with E-state index < -0.39 is 6.04 Å². The molecule has 4 aromatic carbocycles. The Hall–Kier alpha value is -4.73. The third kappa shape index (κ3) is 7.22. The van der Waals surface area contributed by atoms with Crippen molar-refractivity contribution in [2.45, 2.75) is 37.2 Å². The van der Waals surface area contributed by atoms with E-state index in [-0.39, 0.29) is 5.91 Å². The molecule has 0 saturated carbocycles. The number of fused-ring (bicyclic) bond motifs is 1. The molecule has 10 heteroatoms. The van der Waals surface area contributed by atoms with Gasteiger partial charge >= 0.3 is 0 Å². The molecule has 46 heavy (non-hydrogen) atoms. The Labute approximate surface area is 277 Å². The lowest BCUT2D eigenvalue weighted by atomic mass is 9.94. The predicted molar refractivity (Wildman–Crippen MR) is 184 cm³/mol. The summed E-state index contributed by atoms with van der Waals surface area (Å²) in [5, 5.41) is 12.5. The van der Waals surface area contributed by atoms with Gasteiger partial charge in [0.2, 0.25) is 11.1 Å². The van der Waals surface area contributed by atoms with Crippen molar-refractivity contribution >= 4 is 40.9 Å². The van der Waals surface area contributed by atoms with Crippen LogP contribution in [0, 0.1) is 0 Å². The zero-order chi connectivity index (χ0) is 31.9. The monoisotopic (exact) mass is 651 g/mol. The van der Waals surface area contributed by atoms with Crippen molar-refractivity contribution in [3.05, 3.63) is 136 Å². The van der Waals surface area contributed by atoms with Gasteiger partial charge in [-0.15, -0.1) is 5.10 Å². The summed E-state index contributed by atoms with van der Waals surface area (Å²) in [6, 6.07) is 32.6. The molecule has 0 saturated heterocycles. The molecule has 0 fully saturated rings. The van der Waals surface area contributed by atoms with E-state index in [2.05, 4.69) is 22.8 Å². The Balaban J connectivity index is 1.33. The lowest BCUT2D eigenvalue weighted by Crippen LogP contribution is -2.31. The second-order valence-corrected chi connectivity index (χ2v) is 12.0. The average molecular weight is 652 g/mol. The second-order valence-electron chi connectivity index (χ2n) is 10.7.